The van der Waals surface area contributed by atoms with Crippen LogP contribution in [0.3, 0.4) is 0 Å². The lowest BCUT2D eigenvalue weighted by Gasteiger charge is -2.15. The van der Waals surface area contributed by atoms with Crippen LogP contribution in [0.1, 0.15) is 30.0 Å². The van der Waals surface area contributed by atoms with Crippen LogP contribution >= 0.6 is 15.9 Å². The van der Waals surface area contributed by atoms with Crippen molar-refractivity contribution >= 4 is 15.9 Å². The minimum absolute atomic E-state index is 0.0700. The van der Waals surface area contributed by atoms with E-state index in [0.717, 1.165) is 28.0 Å². The van der Waals surface area contributed by atoms with Crippen molar-refractivity contribution in [3.8, 4) is 0 Å². The topological polar surface area (TPSA) is 81.7 Å². The van der Waals surface area contributed by atoms with Gasteiger partial charge < -0.3 is 0 Å². The number of halogens is 1. The molecule has 0 aromatic carbocycles. The Morgan fingerprint density at radius 2 is 2.32 bits per heavy atom. The van der Waals surface area contributed by atoms with Gasteiger partial charge in [0, 0.05) is 19.7 Å². The molecule has 0 amide bonds. The summed E-state index contributed by atoms with van der Waals surface area (Å²) in [7, 11) is 1.94. The average Bonchev–Trinajstić information content (AvgIpc) is 2.72. The Labute approximate surface area is 120 Å². The second-order valence-electron chi connectivity index (χ2n) is 4.24. The summed E-state index contributed by atoms with van der Waals surface area (Å²) in [6.07, 6.45) is 4.83. The Kier molecular flexibility index (Phi) is 4.62. The van der Waals surface area contributed by atoms with Gasteiger partial charge in [-0.2, -0.15) is 5.10 Å². The van der Waals surface area contributed by atoms with Crippen LogP contribution in [0.5, 0.6) is 0 Å². The molecule has 6 nitrogen and oxygen atoms in total. The third kappa shape index (κ3) is 2.99. The standard InChI is InChI=1S/C12H17BrN6/c1-3-8-12(13)11(19(2)18-8)6-10(17-14)9-4-5-15-7-16-9/h4-5,7,10,17H,3,6,14H2,1-2H3. The van der Waals surface area contributed by atoms with Crippen LogP contribution in [0.4, 0.5) is 0 Å². The third-order valence-corrected chi connectivity index (χ3v) is 3.98. The summed E-state index contributed by atoms with van der Waals surface area (Å²) in [6.45, 7) is 2.08. The smallest absolute Gasteiger partial charge is 0.115 e. The maximum atomic E-state index is 5.64. The van der Waals surface area contributed by atoms with Gasteiger partial charge in [-0.15, -0.1) is 0 Å². The van der Waals surface area contributed by atoms with Crippen LogP contribution in [0.25, 0.3) is 0 Å². The second-order valence-corrected chi connectivity index (χ2v) is 5.04. The SMILES string of the molecule is CCc1nn(C)c(CC(NN)c2ccncn2)c1Br. The van der Waals surface area contributed by atoms with Crippen molar-refractivity contribution in [2.45, 2.75) is 25.8 Å². The first-order chi connectivity index (χ1) is 9.17. The van der Waals surface area contributed by atoms with Crippen molar-refractivity contribution in [1.29, 1.82) is 0 Å². The molecular weight excluding hydrogens is 308 g/mol. The van der Waals surface area contributed by atoms with Crippen molar-refractivity contribution in [2.75, 3.05) is 0 Å². The predicted molar refractivity (Wildman–Crippen MR) is 76.1 cm³/mol. The van der Waals surface area contributed by atoms with Gasteiger partial charge in [-0.3, -0.25) is 16.0 Å². The molecular formula is C12H17BrN6. The van der Waals surface area contributed by atoms with E-state index in [-0.39, 0.29) is 6.04 Å². The molecule has 2 rings (SSSR count). The van der Waals surface area contributed by atoms with Gasteiger partial charge in [0.1, 0.15) is 6.33 Å². The molecule has 0 saturated heterocycles. The molecule has 0 spiro atoms. The average molecular weight is 325 g/mol. The van der Waals surface area contributed by atoms with Gasteiger partial charge in [0.2, 0.25) is 0 Å². The number of hydrogen-bond acceptors (Lipinski definition) is 5. The Hall–Kier alpha value is -1.31. The maximum Gasteiger partial charge on any atom is 0.115 e. The number of nitrogens with zero attached hydrogens (tertiary/aromatic N) is 4. The van der Waals surface area contributed by atoms with Crippen LogP contribution < -0.4 is 11.3 Å². The molecule has 2 heterocycles. The zero-order valence-electron chi connectivity index (χ0n) is 11.0. The molecule has 0 fully saturated rings. The first-order valence-electron chi connectivity index (χ1n) is 6.09. The molecule has 102 valence electrons. The second kappa shape index (κ2) is 6.23. The van der Waals surface area contributed by atoms with Crippen LogP contribution in [0, 0.1) is 0 Å². The zero-order valence-corrected chi connectivity index (χ0v) is 12.6. The molecule has 2 aromatic heterocycles. The number of aromatic nitrogens is 4. The van der Waals surface area contributed by atoms with Crippen molar-refractivity contribution in [3.63, 3.8) is 0 Å². The zero-order chi connectivity index (χ0) is 13.8. The van der Waals surface area contributed by atoms with Gasteiger partial charge in [-0.25, -0.2) is 9.97 Å². The number of hydrogen-bond donors (Lipinski definition) is 2. The van der Waals surface area contributed by atoms with Crippen LogP contribution in [-0.2, 0) is 19.9 Å². The number of nitrogens with two attached hydrogens (primary N) is 1. The van der Waals surface area contributed by atoms with E-state index < -0.39 is 0 Å². The summed E-state index contributed by atoms with van der Waals surface area (Å²) in [5.41, 5.74) is 5.81. The molecule has 1 unspecified atom stereocenters. The summed E-state index contributed by atoms with van der Waals surface area (Å²) in [4.78, 5) is 8.15. The highest BCUT2D eigenvalue weighted by atomic mass is 79.9. The quantitative estimate of drug-likeness (QED) is 0.639. The molecule has 0 aliphatic heterocycles. The monoisotopic (exact) mass is 324 g/mol. The Morgan fingerprint density at radius 1 is 1.53 bits per heavy atom. The lowest BCUT2D eigenvalue weighted by Crippen LogP contribution is -2.30. The maximum absolute atomic E-state index is 5.64. The lowest BCUT2D eigenvalue weighted by atomic mass is 10.1. The van der Waals surface area contributed by atoms with Gasteiger partial charge in [0.15, 0.2) is 0 Å². The largest absolute Gasteiger partial charge is 0.271 e. The number of hydrazine groups is 1. The summed E-state index contributed by atoms with van der Waals surface area (Å²) < 4.78 is 2.93. The molecule has 0 radical (unpaired) electrons. The third-order valence-electron chi connectivity index (χ3n) is 3.06. The minimum atomic E-state index is -0.0700. The fraction of sp³-hybridized carbons (Fsp3) is 0.417. The van der Waals surface area contributed by atoms with E-state index in [1.54, 1.807) is 6.20 Å². The molecule has 1 atom stereocenters. The van der Waals surface area contributed by atoms with E-state index in [1.807, 2.05) is 17.8 Å². The normalized spacial score (nSPS) is 12.6. The molecule has 0 bridgehead atoms. The first-order valence-corrected chi connectivity index (χ1v) is 6.89. The van der Waals surface area contributed by atoms with Gasteiger partial charge in [0.25, 0.3) is 0 Å². The molecule has 0 aliphatic carbocycles. The molecule has 3 N–H and O–H groups in total. The predicted octanol–water partition coefficient (Wildman–Crippen LogP) is 1.28. The fourth-order valence-corrected chi connectivity index (χ4v) is 2.77. The lowest BCUT2D eigenvalue weighted by molar-refractivity contribution is 0.516. The van der Waals surface area contributed by atoms with Gasteiger partial charge >= 0.3 is 0 Å². The van der Waals surface area contributed by atoms with Crippen molar-refractivity contribution in [2.24, 2.45) is 12.9 Å². The Bertz CT molecular complexity index is 539. The molecule has 7 heteroatoms. The summed E-state index contributed by atoms with van der Waals surface area (Å²) in [5.74, 6) is 5.64. The van der Waals surface area contributed by atoms with E-state index >= 15 is 0 Å². The molecule has 19 heavy (non-hydrogen) atoms. The highest BCUT2D eigenvalue weighted by Crippen LogP contribution is 2.25. The van der Waals surface area contributed by atoms with Gasteiger partial charge in [-0.1, -0.05) is 6.92 Å². The van der Waals surface area contributed by atoms with Gasteiger partial charge in [-0.05, 0) is 28.4 Å². The van der Waals surface area contributed by atoms with E-state index in [1.165, 1.54) is 6.33 Å². The minimum Gasteiger partial charge on any atom is -0.271 e. The van der Waals surface area contributed by atoms with E-state index in [0.29, 0.717) is 6.42 Å². The van der Waals surface area contributed by atoms with E-state index in [2.05, 4.69) is 43.3 Å². The van der Waals surface area contributed by atoms with Crippen LogP contribution in [0.2, 0.25) is 0 Å². The van der Waals surface area contributed by atoms with E-state index in [4.69, 9.17) is 5.84 Å². The summed E-state index contributed by atoms with van der Waals surface area (Å²) in [5, 5.41) is 4.48. The Balaban J connectivity index is 2.26. The number of rotatable bonds is 5. The highest BCUT2D eigenvalue weighted by Gasteiger charge is 2.18. The first kappa shape index (κ1) is 14.1. The van der Waals surface area contributed by atoms with Crippen molar-refractivity contribution in [3.05, 3.63) is 40.1 Å². The molecule has 2 aromatic rings. The highest BCUT2D eigenvalue weighted by molar-refractivity contribution is 9.10. The van der Waals surface area contributed by atoms with Crippen molar-refractivity contribution < 1.29 is 0 Å². The van der Waals surface area contributed by atoms with Crippen LogP contribution in [0.15, 0.2) is 23.1 Å². The molecule has 0 saturated carbocycles. The number of nitrogens with one attached hydrogen (secondary N) is 1. The Morgan fingerprint density at radius 3 is 2.84 bits per heavy atom. The summed E-state index contributed by atoms with van der Waals surface area (Å²) in [6, 6.07) is 1.79. The van der Waals surface area contributed by atoms with Crippen molar-refractivity contribution in [1.82, 2.24) is 25.2 Å². The number of aryl methyl sites for hydroxylation is 2. The van der Waals surface area contributed by atoms with E-state index in [9.17, 15) is 0 Å². The van der Waals surface area contributed by atoms with Gasteiger partial charge in [0.05, 0.1) is 27.6 Å². The molecule has 0 aliphatic rings. The fourth-order valence-electron chi connectivity index (χ4n) is 1.99. The van der Waals surface area contributed by atoms with Crippen LogP contribution in [-0.4, -0.2) is 19.7 Å². The summed E-state index contributed by atoms with van der Waals surface area (Å²) >= 11 is 3.61.